The highest BCUT2D eigenvalue weighted by Crippen LogP contribution is 2.34. The van der Waals surface area contributed by atoms with Gasteiger partial charge in [-0.1, -0.05) is 12.1 Å². The van der Waals surface area contributed by atoms with Crippen LogP contribution in [-0.4, -0.2) is 21.1 Å². The zero-order chi connectivity index (χ0) is 13.3. The smallest absolute Gasteiger partial charge is 0.202 e. The number of carbonyl (C=O) groups excluding carboxylic acids is 1. The molecule has 0 atom stereocenters. The Labute approximate surface area is 103 Å². The van der Waals surface area contributed by atoms with Crippen LogP contribution in [0.5, 0.6) is 17.2 Å². The Morgan fingerprint density at radius 1 is 1.00 bits per heavy atom. The number of aromatic hydroxyl groups is 3. The second-order valence-electron chi connectivity index (χ2n) is 3.78. The zero-order valence-corrected chi connectivity index (χ0v) is 9.29. The second-order valence-corrected chi connectivity index (χ2v) is 3.78. The minimum atomic E-state index is -0.608. The van der Waals surface area contributed by atoms with Gasteiger partial charge in [0.1, 0.15) is 22.8 Å². The van der Waals surface area contributed by atoms with Gasteiger partial charge >= 0.3 is 0 Å². The van der Waals surface area contributed by atoms with Crippen LogP contribution in [0, 0.1) is 0 Å². The summed E-state index contributed by atoms with van der Waals surface area (Å²) in [5.41, 5.74) is 5.79. The number of ketones is 1. The van der Waals surface area contributed by atoms with Crippen LogP contribution < -0.4 is 5.73 Å². The van der Waals surface area contributed by atoms with E-state index >= 15 is 0 Å². The van der Waals surface area contributed by atoms with E-state index in [1.165, 1.54) is 6.07 Å². The molecule has 0 amide bonds. The highest BCUT2D eigenvalue weighted by Gasteiger charge is 2.20. The normalized spacial score (nSPS) is 10.2. The van der Waals surface area contributed by atoms with E-state index < -0.39 is 17.3 Å². The van der Waals surface area contributed by atoms with Crippen molar-refractivity contribution in [1.82, 2.24) is 0 Å². The van der Waals surface area contributed by atoms with Crippen LogP contribution in [-0.2, 0) is 0 Å². The maximum atomic E-state index is 12.1. The number of benzene rings is 2. The number of phenolic OH excluding ortho intramolecular Hbond substituents is 3. The zero-order valence-electron chi connectivity index (χ0n) is 9.29. The van der Waals surface area contributed by atoms with Crippen molar-refractivity contribution in [2.24, 2.45) is 0 Å². The van der Waals surface area contributed by atoms with Crippen molar-refractivity contribution in [2.75, 3.05) is 5.73 Å². The highest BCUT2D eigenvalue weighted by atomic mass is 16.3. The third kappa shape index (κ3) is 1.93. The van der Waals surface area contributed by atoms with E-state index in [2.05, 4.69) is 0 Å². The topological polar surface area (TPSA) is 104 Å². The molecule has 0 heterocycles. The van der Waals surface area contributed by atoms with Crippen molar-refractivity contribution in [2.45, 2.75) is 0 Å². The van der Waals surface area contributed by atoms with E-state index in [-0.39, 0.29) is 22.6 Å². The Kier molecular flexibility index (Phi) is 2.81. The molecule has 5 nitrogen and oxygen atoms in total. The summed E-state index contributed by atoms with van der Waals surface area (Å²) in [6, 6.07) is 8.28. The third-order valence-corrected chi connectivity index (χ3v) is 2.51. The number of phenols is 3. The molecule has 0 unspecified atom stereocenters. The molecule has 0 aliphatic carbocycles. The lowest BCUT2D eigenvalue weighted by atomic mass is 10.00. The fourth-order valence-electron chi connectivity index (χ4n) is 1.67. The lowest BCUT2D eigenvalue weighted by Gasteiger charge is -2.08. The monoisotopic (exact) mass is 245 g/mol. The SMILES string of the molecule is Nc1ccccc1C(=O)c1c(O)cc(O)cc1O. The molecule has 2 aromatic carbocycles. The van der Waals surface area contributed by atoms with Crippen LogP contribution in [0.15, 0.2) is 36.4 Å². The number of hydrogen-bond donors (Lipinski definition) is 4. The molecular weight excluding hydrogens is 234 g/mol. The summed E-state index contributed by atoms with van der Waals surface area (Å²) in [5, 5.41) is 28.4. The van der Waals surface area contributed by atoms with Gasteiger partial charge < -0.3 is 21.1 Å². The van der Waals surface area contributed by atoms with Crippen LogP contribution >= 0.6 is 0 Å². The van der Waals surface area contributed by atoms with Gasteiger partial charge in [-0.2, -0.15) is 0 Å². The van der Waals surface area contributed by atoms with Crippen molar-refractivity contribution < 1.29 is 20.1 Å². The number of anilines is 1. The van der Waals surface area contributed by atoms with E-state index in [1.54, 1.807) is 18.2 Å². The molecule has 0 radical (unpaired) electrons. The molecule has 0 bridgehead atoms. The molecule has 0 aromatic heterocycles. The van der Waals surface area contributed by atoms with Gasteiger partial charge in [-0.3, -0.25) is 4.79 Å². The van der Waals surface area contributed by atoms with Gasteiger partial charge in [-0.25, -0.2) is 0 Å². The average Bonchev–Trinajstić information content (AvgIpc) is 2.27. The first-order valence-electron chi connectivity index (χ1n) is 5.15. The first kappa shape index (κ1) is 11.8. The molecule has 0 saturated carbocycles. The summed E-state index contributed by atoms with van der Waals surface area (Å²) in [6.45, 7) is 0. The van der Waals surface area contributed by atoms with E-state index in [9.17, 15) is 15.0 Å². The molecular formula is C13H11NO4. The average molecular weight is 245 g/mol. The predicted octanol–water partition coefficient (Wildman–Crippen LogP) is 1.62. The maximum Gasteiger partial charge on any atom is 0.202 e. The van der Waals surface area contributed by atoms with Gasteiger partial charge in [-0.05, 0) is 12.1 Å². The van der Waals surface area contributed by atoms with Crippen molar-refractivity contribution in [3.05, 3.63) is 47.5 Å². The summed E-state index contributed by atoms with van der Waals surface area (Å²) < 4.78 is 0. The number of carbonyl (C=O) groups is 1. The fraction of sp³-hybridized carbons (Fsp3) is 0. The van der Waals surface area contributed by atoms with E-state index in [0.29, 0.717) is 0 Å². The van der Waals surface area contributed by atoms with Crippen LogP contribution in [0.3, 0.4) is 0 Å². The molecule has 0 aliphatic heterocycles. The molecule has 5 N–H and O–H groups in total. The van der Waals surface area contributed by atoms with Crippen LogP contribution in [0.1, 0.15) is 15.9 Å². The van der Waals surface area contributed by atoms with Crippen molar-refractivity contribution in [3.8, 4) is 17.2 Å². The van der Waals surface area contributed by atoms with Crippen LogP contribution in [0.25, 0.3) is 0 Å². The van der Waals surface area contributed by atoms with E-state index in [0.717, 1.165) is 12.1 Å². The van der Waals surface area contributed by atoms with Gasteiger partial charge in [0.15, 0.2) is 0 Å². The highest BCUT2D eigenvalue weighted by molar-refractivity contribution is 6.15. The molecule has 5 heteroatoms. The number of nitrogen functional groups attached to an aromatic ring is 1. The molecule has 2 rings (SSSR count). The number of rotatable bonds is 2. The minimum Gasteiger partial charge on any atom is -0.508 e. The Bertz CT molecular complexity index is 599. The molecule has 0 aliphatic rings. The largest absolute Gasteiger partial charge is 0.508 e. The molecule has 0 fully saturated rings. The summed E-state index contributed by atoms with van der Waals surface area (Å²) in [7, 11) is 0. The van der Waals surface area contributed by atoms with E-state index in [1.807, 2.05) is 0 Å². The number of para-hydroxylation sites is 1. The lowest BCUT2D eigenvalue weighted by Crippen LogP contribution is -2.05. The number of hydrogen-bond acceptors (Lipinski definition) is 5. The summed E-state index contributed by atoms with van der Waals surface area (Å²) in [4.78, 5) is 12.1. The summed E-state index contributed by atoms with van der Waals surface area (Å²) in [5.74, 6) is -1.94. The lowest BCUT2D eigenvalue weighted by molar-refractivity contribution is 0.103. The standard InChI is InChI=1S/C13H11NO4/c14-9-4-2-1-3-8(9)13(18)12-10(16)5-7(15)6-11(12)17/h1-6,15-17H,14H2. The van der Waals surface area contributed by atoms with Gasteiger partial charge in [0.05, 0.1) is 0 Å². The molecule has 2 aromatic rings. The molecule has 18 heavy (non-hydrogen) atoms. The quantitative estimate of drug-likeness (QED) is 0.475. The molecule has 0 spiro atoms. The predicted molar refractivity (Wildman–Crippen MR) is 65.7 cm³/mol. The maximum absolute atomic E-state index is 12.1. The third-order valence-electron chi connectivity index (χ3n) is 2.51. The van der Waals surface area contributed by atoms with Gasteiger partial charge in [0, 0.05) is 23.4 Å². The Morgan fingerprint density at radius 3 is 2.11 bits per heavy atom. The second kappa shape index (κ2) is 4.29. The Balaban J connectivity index is 2.57. The molecule has 92 valence electrons. The minimum absolute atomic E-state index is 0.175. The van der Waals surface area contributed by atoms with Gasteiger partial charge in [-0.15, -0.1) is 0 Å². The van der Waals surface area contributed by atoms with Gasteiger partial charge in [0.2, 0.25) is 5.78 Å². The van der Waals surface area contributed by atoms with Crippen molar-refractivity contribution in [1.29, 1.82) is 0 Å². The Morgan fingerprint density at radius 2 is 1.56 bits per heavy atom. The first-order valence-corrected chi connectivity index (χ1v) is 5.15. The first-order chi connectivity index (χ1) is 8.50. The number of nitrogens with two attached hydrogens (primary N) is 1. The Hall–Kier alpha value is -2.69. The van der Waals surface area contributed by atoms with Gasteiger partial charge in [0.25, 0.3) is 0 Å². The molecule has 0 saturated heterocycles. The van der Waals surface area contributed by atoms with Crippen LogP contribution in [0.2, 0.25) is 0 Å². The van der Waals surface area contributed by atoms with Crippen molar-refractivity contribution in [3.63, 3.8) is 0 Å². The van der Waals surface area contributed by atoms with E-state index in [4.69, 9.17) is 10.8 Å². The van der Waals surface area contributed by atoms with Crippen LogP contribution in [0.4, 0.5) is 5.69 Å². The van der Waals surface area contributed by atoms with Crippen molar-refractivity contribution >= 4 is 11.5 Å². The summed E-state index contributed by atoms with van der Waals surface area (Å²) >= 11 is 0. The fourth-order valence-corrected chi connectivity index (χ4v) is 1.67. The summed E-state index contributed by atoms with van der Waals surface area (Å²) in [6.07, 6.45) is 0.